The Labute approximate surface area is 110 Å². The van der Waals surface area contributed by atoms with Gasteiger partial charge in [-0.3, -0.25) is 0 Å². The van der Waals surface area contributed by atoms with Crippen LogP contribution in [-0.2, 0) is 11.3 Å². The fourth-order valence-corrected chi connectivity index (χ4v) is 2.53. The minimum Gasteiger partial charge on any atom is -0.378 e. The summed E-state index contributed by atoms with van der Waals surface area (Å²) in [5, 5.41) is 3.46. The largest absolute Gasteiger partial charge is 0.378 e. The van der Waals surface area contributed by atoms with Gasteiger partial charge >= 0.3 is 0 Å². The van der Waals surface area contributed by atoms with E-state index in [1.165, 1.54) is 6.07 Å². The van der Waals surface area contributed by atoms with Crippen LogP contribution in [0.2, 0.25) is 0 Å². The lowest BCUT2D eigenvalue weighted by Crippen LogP contribution is -2.37. The van der Waals surface area contributed by atoms with Gasteiger partial charge in [-0.15, -0.1) is 0 Å². The van der Waals surface area contributed by atoms with Gasteiger partial charge in [0.05, 0.1) is 10.6 Å². The molecule has 1 heterocycles. The lowest BCUT2D eigenvalue weighted by Gasteiger charge is -2.28. The Bertz CT molecular complexity index is 386. The summed E-state index contributed by atoms with van der Waals surface area (Å²) in [6.07, 6.45) is 2.36. The molecule has 2 rings (SSSR count). The molecule has 2 nitrogen and oxygen atoms in total. The molecule has 0 bridgehead atoms. The Morgan fingerprint density at radius 3 is 3.12 bits per heavy atom. The molecule has 17 heavy (non-hydrogen) atoms. The van der Waals surface area contributed by atoms with Crippen molar-refractivity contribution in [1.82, 2.24) is 5.32 Å². The Hall–Kier alpha value is -0.450. The highest BCUT2D eigenvalue weighted by Crippen LogP contribution is 2.21. The lowest BCUT2D eigenvalue weighted by molar-refractivity contribution is 0.0130. The average molecular weight is 302 g/mol. The van der Waals surface area contributed by atoms with Crippen molar-refractivity contribution in [1.29, 1.82) is 0 Å². The molecule has 0 spiro atoms. The second kappa shape index (κ2) is 5.94. The minimum absolute atomic E-state index is 0.204. The molecule has 0 radical (unpaired) electrons. The predicted molar refractivity (Wildman–Crippen MR) is 69.4 cm³/mol. The molecule has 0 saturated carbocycles. The van der Waals surface area contributed by atoms with Crippen LogP contribution in [0.4, 0.5) is 4.39 Å². The van der Waals surface area contributed by atoms with Crippen molar-refractivity contribution in [3.05, 3.63) is 34.1 Å². The van der Waals surface area contributed by atoms with E-state index in [-0.39, 0.29) is 5.82 Å². The second-order valence-electron chi connectivity index (χ2n) is 4.50. The van der Waals surface area contributed by atoms with Gasteiger partial charge in [-0.25, -0.2) is 4.39 Å². The molecule has 1 aliphatic heterocycles. The first-order valence-corrected chi connectivity index (χ1v) is 6.74. The van der Waals surface area contributed by atoms with Crippen LogP contribution in [0.25, 0.3) is 0 Å². The highest BCUT2D eigenvalue weighted by Gasteiger charge is 2.18. The summed E-state index contributed by atoms with van der Waals surface area (Å²) < 4.78 is 19.4. The van der Waals surface area contributed by atoms with E-state index in [1.54, 1.807) is 6.07 Å². The molecular weight excluding hydrogens is 285 g/mol. The highest BCUT2D eigenvalue weighted by atomic mass is 79.9. The third-order valence-electron chi connectivity index (χ3n) is 3.10. The summed E-state index contributed by atoms with van der Waals surface area (Å²) in [6.45, 7) is 3.59. The molecule has 0 amide bonds. The number of halogens is 2. The number of nitrogens with one attached hydrogen (secondary N) is 1. The quantitative estimate of drug-likeness (QED) is 0.925. The molecule has 0 aliphatic carbocycles. The molecular formula is C13H17BrFNO. The van der Waals surface area contributed by atoms with Crippen LogP contribution in [0.1, 0.15) is 25.3 Å². The van der Waals surface area contributed by atoms with Crippen LogP contribution >= 0.6 is 15.9 Å². The molecule has 1 aliphatic rings. The molecule has 94 valence electrons. The molecule has 0 aromatic heterocycles. The van der Waals surface area contributed by atoms with Gasteiger partial charge in [-0.05, 0) is 47.3 Å². The number of rotatable bonds is 3. The first kappa shape index (κ1) is 13.0. The molecule has 1 saturated heterocycles. The van der Waals surface area contributed by atoms with Gasteiger partial charge < -0.3 is 10.1 Å². The Kier molecular flexibility index (Phi) is 4.54. The van der Waals surface area contributed by atoms with E-state index < -0.39 is 0 Å². The normalized spacial score (nSPS) is 24.9. The van der Waals surface area contributed by atoms with Crippen molar-refractivity contribution in [3.8, 4) is 0 Å². The van der Waals surface area contributed by atoms with Crippen LogP contribution < -0.4 is 5.32 Å². The molecule has 1 aromatic carbocycles. The van der Waals surface area contributed by atoms with Crippen LogP contribution in [0, 0.1) is 5.82 Å². The van der Waals surface area contributed by atoms with Gasteiger partial charge in [0, 0.05) is 19.2 Å². The van der Waals surface area contributed by atoms with Crippen LogP contribution in [0.5, 0.6) is 0 Å². The third-order valence-corrected chi connectivity index (χ3v) is 3.99. The summed E-state index contributed by atoms with van der Waals surface area (Å²) >= 11 is 3.28. The van der Waals surface area contributed by atoms with E-state index in [9.17, 15) is 4.39 Å². The summed E-state index contributed by atoms with van der Waals surface area (Å²) in [6, 6.07) is 5.60. The molecule has 1 fully saturated rings. The van der Waals surface area contributed by atoms with Gasteiger partial charge in [0.25, 0.3) is 0 Å². The number of benzene rings is 1. The highest BCUT2D eigenvalue weighted by molar-refractivity contribution is 9.10. The monoisotopic (exact) mass is 301 g/mol. The maximum Gasteiger partial charge on any atom is 0.137 e. The molecule has 2 atom stereocenters. The van der Waals surface area contributed by atoms with Crippen molar-refractivity contribution >= 4 is 15.9 Å². The summed E-state index contributed by atoms with van der Waals surface area (Å²) in [5.74, 6) is -0.204. The van der Waals surface area contributed by atoms with E-state index in [0.29, 0.717) is 23.2 Å². The van der Waals surface area contributed by atoms with E-state index in [2.05, 4.69) is 28.2 Å². The van der Waals surface area contributed by atoms with Gasteiger partial charge in [0.2, 0.25) is 0 Å². The van der Waals surface area contributed by atoms with Crippen molar-refractivity contribution in [2.45, 2.75) is 38.5 Å². The SMILES string of the molecule is CC1CC(NCc2cccc(F)c2Br)CCO1. The van der Waals surface area contributed by atoms with Crippen molar-refractivity contribution < 1.29 is 9.13 Å². The fourth-order valence-electron chi connectivity index (χ4n) is 2.12. The first-order valence-electron chi connectivity index (χ1n) is 5.94. The topological polar surface area (TPSA) is 21.3 Å². The molecule has 1 N–H and O–H groups in total. The van der Waals surface area contributed by atoms with Gasteiger partial charge in [0.15, 0.2) is 0 Å². The zero-order valence-electron chi connectivity index (χ0n) is 9.88. The Morgan fingerprint density at radius 1 is 1.53 bits per heavy atom. The van der Waals surface area contributed by atoms with E-state index in [0.717, 1.165) is 25.0 Å². The summed E-state index contributed by atoms with van der Waals surface area (Å²) in [4.78, 5) is 0. The van der Waals surface area contributed by atoms with Crippen LogP contribution in [0.15, 0.2) is 22.7 Å². The molecule has 2 unspecified atom stereocenters. The summed E-state index contributed by atoms with van der Waals surface area (Å²) in [5.41, 5.74) is 0.962. The van der Waals surface area contributed by atoms with Gasteiger partial charge in [-0.1, -0.05) is 12.1 Å². The van der Waals surface area contributed by atoms with Crippen molar-refractivity contribution in [3.63, 3.8) is 0 Å². The standard InChI is InChI=1S/C13H17BrFNO/c1-9-7-11(5-6-17-9)16-8-10-3-2-4-12(15)13(10)14/h2-4,9,11,16H,5-8H2,1H3. The Balaban J connectivity index is 1.91. The van der Waals surface area contributed by atoms with Crippen LogP contribution in [0.3, 0.4) is 0 Å². The van der Waals surface area contributed by atoms with Crippen molar-refractivity contribution in [2.24, 2.45) is 0 Å². The number of ether oxygens (including phenoxy) is 1. The van der Waals surface area contributed by atoms with E-state index in [4.69, 9.17) is 4.74 Å². The van der Waals surface area contributed by atoms with E-state index >= 15 is 0 Å². The number of hydrogen-bond acceptors (Lipinski definition) is 2. The van der Waals surface area contributed by atoms with Gasteiger partial charge in [0.1, 0.15) is 5.82 Å². The van der Waals surface area contributed by atoms with Crippen LogP contribution in [-0.4, -0.2) is 18.8 Å². The third kappa shape index (κ3) is 3.50. The molecule has 4 heteroatoms. The zero-order chi connectivity index (χ0) is 12.3. The summed E-state index contributed by atoms with van der Waals surface area (Å²) in [7, 11) is 0. The number of hydrogen-bond donors (Lipinski definition) is 1. The smallest absolute Gasteiger partial charge is 0.137 e. The second-order valence-corrected chi connectivity index (χ2v) is 5.29. The Morgan fingerprint density at radius 2 is 2.35 bits per heavy atom. The minimum atomic E-state index is -0.204. The van der Waals surface area contributed by atoms with Crippen molar-refractivity contribution in [2.75, 3.05) is 6.61 Å². The maximum absolute atomic E-state index is 13.3. The average Bonchev–Trinajstić information content (AvgIpc) is 2.31. The van der Waals surface area contributed by atoms with Gasteiger partial charge in [-0.2, -0.15) is 0 Å². The predicted octanol–water partition coefficient (Wildman–Crippen LogP) is 3.25. The molecule has 1 aromatic rings. The lowest BCUT2D eigenvalue weighted by atomic mass is 10.0. The van der Waals surface area contributed by atoms with E-state index in [1.807, 2.05) is 6.07 Å². The first-order chi connectivity index (χ1) is 8.16. The fraction of sp³-hybridized carbons (Fsp3) is 0.538. The maximum atomic E-state index is 13.3. The zero-order valence-corrected chi connectivity index (χ0v) is 11.5.